The van der Waals surface area contributed by atoms with Gasteiger partial charge in [0.1, 0.15) is 28.9 Å². The number of nitrogens with zero attached hydrogens (tertiary/aromatic N) is 1. The largest absolute Gasteiger partial charge is 0.497 e. The maximum Gasteiger partial charge on any atom is 0.205 e. The third kappa shape index (κ3) is 3.82. The SMILES string of the molecule is COc1ccc(C2C=C(c3cc(Br)c(OC)c(Br)c3)OC(N)=C2C#N)cc1. The van der Waals surface area contributed by atoms with Crippen molar-refractivity contribution in [3.63, 3.8) is 0 Å². The van der Waals surface area contributed by atoms with Crippen molar-refractivity contribution in [3.8, 4) is 17.6 Å². The van der Waals surface area contributed by atoms with Crippen LogP contribution in [0, 0.1) is 11.3 Å². The standard InChI is InChI=1S/C20H16Br2N2O3/c1-25-13-5-3-11(4-6-13)14-9-18(27-20(24)15(14)10-23)12-7-16(21)19(26-2)17(22)8-12/h3-9,14H,24H2,1-2H3. The minimum absolute atomic E-state index is 0.0962. The average molecular weight is 492 g/mol. The summed E-state index contributed by atoms with van der Waals surface area (Å²) in [5.41, 5.74) is 8.14. The van der Waals surface area contributed by atoms with E-state index < -0.39 is 0 Å². The van der Waals surface area contributed by atoms with Crippen LogP contribution in [0.25, 0.3) is 5.76 Å². The lowest BCUT2D eigenvalue weighted by molar-refractivity contribution is 0.360. The number of benzene rings is 2. The molecule has 2 aromatic rings. The first kappa shape index (κ1) is 19.3. The molecule has 0 aliphatic carbocycles. The van der Waals surface area contributed by atoms with Gasteiger partial charge in [0.15, 0.2) is 0 Å². The number of hydrogen-bond acceptors (Lipinski definition) is 5. The molecule has 1 heterocycles. The Morgan fingerprint density at radius 2 is 1.70 bits per heavy atom. The van der Waals surface area contributed by atoms with E-state index in [1.807, 2.05) is 42.5 Å². The van der Waals surface area contributed by atoms with Gasteiger partial charge in [0, 0.05) is 11.5 Å². The molecule has 0 saturated carbocycles. The van der Waals surface area contributed by atoms with E-state index >= 15 is 0 Å². The molecule has 7 heteroatoms. The quantitative estimate of drug-likeness (QED) is 0.645. The predicted molar refractivity (Wildman–Crippen MR) is 110 cm³/mol. The Bertz CT molecular complexity index is 953. The maximum absolute atomic E-state index is 9.55. The zero-order chi connectivity index (χ0) is 19.6. The zero-order valence-corrected chi connectivity index (χ0v) is 17.8. The molecule has 0 radical (unpaired) electrons. The van der Waals surface area contributed by atoms with E-state index in [-0.39, 0.29) is 11.8 Å². The normalized spacial score (nSPS) is 16.3. The van der Waals surface area contributed by atoms with E-state index in [2.05, 4.69) is 37.9 Å². The van der Waals surface area contributed by atoms with E-state index in [9.17, 15) is 5.26 Å². The molecule has 1 atom stereocenters. The van der Waals surface area contributed by atoms with Gasteiger partial charge in [-0.05, 0) is 67.8 Å². The van der Waals surface area contributed by atoms with Crippen LogP contribution in [0.1, 0.15) is 17.0 Å². The van der Waals surface area contributed by atoms with Crippen molar-refractivity contribution in [2.75, 3.05) is 14.2 Å². The van der Waals surface area contributed by atoms with Crippen LogP contribution in [-0.4, -0.2) is 14.2 Å². The van der Waals surface area contributed by atoms with E-state index in [0.29, 0.717) is 17.1 Å². The molecule has 0 bridgehead atoms. The molecular weight excluding hydrogens is 476 g/mol. The van der Waals surface area contributed by atoms with Gasteiger partial charge < -0.3 is 19.9 Å². The smallest absolute Gasteiger partial charge is 0.205 e. The van der Waals surface area contributed by atoms with Crippen molar-refractivity contribution < 1.29 is 14.2 Å². The molecule has 2 N–H and O–H groups in total. The summed E-state index contributed by atoms with van der Waals surface area (Å²) in [5.74, 6) is 1.77. The first-order valence-electron chi connectivity index (χ1n) is 7.95. The predicted octanol–water partition coefficient (Wildman–Crippen LogP) is 5.08. The van der Waals surface area contributed by atoms with Gasteiger partial charge in [-0.3, -0.25) is 0 Å². The van der Waals surface area contributed by atoms with Crippen molar-refractivity contribution in [1.29, 1.82) is 5.26 Å². The Morgan fingerprint density at radius 1 is 1.07 bits per heavy atom. The molecule has 0 saturated heterocycles. The van der Waals surface area contributed by atoms with Crippen LogP contribution in [0.15, 0.2) is 62.9 Å². The highest BCUT2D eigenvalue weighted by Gasteiger charge is 2.26. The molecule has 138 valence electrons. The van der Waals surface area contributed by atoms with Crippen LogP contribution >= 0.6 is 31.9 Å². The van der Waals surface area contributed by atoms with Crippen LogP contribution in [0.5, 0.6) is 11.5 Å². The van der Waals surface area contributed by atoms with Crippen LogP contribution < -0.4 is 15.2 Å². The van der Waals surface area contributed by atoms with Crippen LogP contribution in [0.2, 0.25) is 0 Å². The number of allylic oxidation sites excluding steroid dienone is 2. The van der Waals surface area contributed by atoms with Gasteiger partial charge in [0.05, 0.1) is 23.2 Å². The highest BCUT2D eigenvalue weighted by Crippen LogP contribution is 2.40. The molecule has 1 aliphatic rings. The second kappa shape index (κ2) is 8.07. The van der Waals surface area contributed by atoms with E-state index in [4.69, 9.17) is 19.9 Å². The molecule has 1 unspecified atom stereocenters. The van der Waals surface area contributed by atoms with Gasteiger partial charge >= 0.3 is 0 Å². The molecule has 0 fully saturated rings. The Balaban J connectivity index is 2.07. The second-order valence-electron chi connectivity index (χ2n) is 5.75. The Hall–Kier alpha value is -2.43. The van der Waals surface area contributed by atoms with E-state index in [1.165, 1.54) is 0 Å². The van der Waals surface area contributed by atoms with Crippen molar-refractivity contribution in [2.24, 2.45) is 5.73 Å². The molecule has 3 rings (SSSR count). The monoisotopic (exact) mass is 490 g/mol. The summed E-state index contributed by atoms with van der Waals surface area (Å²) >= 11 is 6.99. The highest BCUT2D eigenvalue weighted by atomic mass is 79.9. The summed E-state index contributed by atoms with van der Waals surface area (Å²) in [7, 11) is 3.21. The molecule has 5 nitrogen and oxygen atoms in total. The summed E-state index contributed by atoms with van der Waals surface area (Å²) in [4.78, 5) is 0. The lowest BCUT2D eigenvalue weighted by atomic mass is 9.89. The fourth-order valence-corrected chi connectivity index (χ4v) is 4.36. The van der Waals surface area contributed by atoms with Crippen molar-refractivity contribution >= 4 is 37.6 Å². The first-order chi connectivity index (χ1) is 13.0. The molecule has 1 aliphatic heterocycles. The lowest BCUT2D eigenvalue weighted by Gasteiger charge is -2.23. The average Bonchev–Trinajstić information content (AvgIpc) is 2.67. The number of nitrogens with two attached hydrogens (primary N) is 1. The number of hydrogen-bond donors (Lipinski definition) is 1. The molecule has 0 aromatic heterocycles. The van der Waals surface area contributed by atoms with Crippen LogP contribution in [0.4, 0.5) is 0 Å². The van der Waals surface area contributed by atoms with Crippen LogP contribution in [-0.2, 0) is 4.74 Å². The third-order valence-corrected chi connectivity index (χ3v) is 5.37. The molecule has 0 amide bonds. The van der Waals surface area contributed by atoms with E-state index in [1.54, 1.807) is 14.2 Å². The molecule has 0 spiro atoms. The lowest BCUT2D eigenvalue weighted by Crippen LogP contribution is -2.16. The fourth-order valence-electron chi connectivity index (χ4n) is 2.85. The maximum atomic E-state index is 9.55. The summed E-state index contributed by atoms with van der Waals surface area (Å²) in [6.45, 7) is 0. The topological polar surface area (TPSA) is 77.5 Å². The summed E-state index contributed by atoms with van der Waals surface area (Å²) in [6, 6.07) is 13.4. The molecule has 2 aromatic carbocycles. The van der Waals surface area contributed by atoms with Gasteiger partial charge in [0.25, 0.3) is 0 Å². The van der Waals surface area contributed by atoms with Crippen molar-refractivity contribution in [2.45, 2.75) is 5.92 Å². The van der Waals surface area contributed by atoms with Gasteiger partial charge in [-0.15, -0.1) is 0 Å². The number of methoxy groups -OCH3 is 2. The Labute approximate surface area is 174 Å². The zero-order valence-electron chi connectivity index (χ0n) is 14.6. The van der Waals surface area contributed by atoms with Crippen molar-refractivity contribution in [3.05, 3.63) is 74.0 Å². The Kier molecular flexibility index (Phi) is 5.78. The number of ether oxygens (including phenoxy) is 3. The van der Waals surface area contributed by atoms with Gasteiger partial charge in [-0.1, -0.05) is 12.1 Å². The molecule has 27 heavy (non-hydrogen) atoms. The van der Waals surface area contributed by atoms with E-state index in [0.717, 1.165) is 25.8 Å². The minimum atomic E-state index is -0.315. The van der Waals surface area contributed by atoms with Gasteiger partial charge in [-0.25, -0.2) is 0 Å². The number of halogens is 2. The fraction of sp³-hybridized carbons (Fsp3) is 0.150. The Morgan fingerprint density at radius 3 is 2.22 bits per heavy atom. The molecular formula is C20H16Br2N2O3. The first-order valence-corrected chi connectivity index (χ1v) is 9.53. The number of rotatable bonds is 4. The summed E-state index contributed by atoms with van der Waals surface area (Å²) in [6.07, 6.45) is 1.89. The second-order valence-corrected chi connectivity index (χ2v) is 7.46. The van der Waals surface area contributed by atoms with Gasteiger partial charge in [-0.2, -0.15) is 5.26 Å². The summed E-state index contributed by atoms with van der Waals surface area (Å²) < 4.78 is 17.8. The minimum Gasteiger partial charge on any atom is -0.497 e. The van der Waals surface area contributed by atoms with Crippen molar-refractivity contribution in [1.82, 2.24) is 0 Å². The third-order valence-electron chi connectivity index (χ3n) is 4.20. The highest BCUT2D eigenvalue weighted by molar-refractivity contribution is 9.11. The van der Waals surface area contributed by atoms with Crippen LogP contribution in [0.3, 0.4) is 0 Å². The summed E-state index contributed by atoms with van der Waals surface area (Å²) in [5, 5.41) is 9.55. The van der Waals surface area contributed by atoms with Gasteiger partial charge in [0.2, 0.25) is 5.88 Å². The number of nitriles is 1.